The molecule has 0 fully saturated rings. The van der Waals surface area contributed by atoms with E-state index in [0.29, 0.717) is 12.5 Å². The summed E-state index contributed by atoms with van der Waals surface area (Å²) in [5.41, 5.74) is 4.89. The highest BCUT2D eigenvalue weighted by Crippen LogP contribution is 2.38. The number of aromatic nitrogens is 1. The number of carbonyl (C=O) groups is 1. The highest BCUT2D eigenvalue weighted by Gasteiger charge is 2.28. The molecule has 110 valence electrons. The van der Waals surface area contributed by atoms with Crippen molar-refractivity contribution in [2.45, 2.75) is 32.2 Å². The maximum atomic E-state index is 12.5. The second-order valence-corrected chi connectivity index (χ2v) is 6.14. The van der Waals surface area contributed by atoms with E-state index in [2.05, 4.69) is 35.8 Å². The highest BCUT2D eigenvalue weighted by molar-refractivity contribution is 5.96. The van der Waals surface area contributed by atoms with E-state index >= 15 is 0 Å². The normalized spacial score (nSPS) is 16.9. The molecule has 0 amide bonds. The van der Waals surface area contributed by atoms with Crippen molar-refractivity contribution in [2.24, 2.45) is 0 Å². The zero-order valence-corrected chi connectivity index (χ0v) is 12.8. The number of hydrogen-bond acceptors (Lipinski definition) is 1. The average molecular weight is 289 g/mol. The Bertz CT molecular complexity index is 845. The van der Waals surface area contributed by atoms with Crippen molar-refractivity contribution >= 4 is 16.7 Å². The lowest BCUT2D eigenvalue weighted by Crippen LogP contribution is -2.10. The van der Waals surface area contributed by atoms with Crippen molar-refractivity contribution in [3.8, 4) is 0 Å². The molecule has 4 rings (SSSR count). The summed E-state index contributed by atoms with van der Waals surface area (Å²) in [6.07, 6.45) is 2.74. The lowest BCUT2D eigenvalue weighted by atomic mass is 10.0. The van der Waals surface area contributed by atoms with E-state index in [1.807, 2.05) is 30.3 Å². The quantitative estimate of drug-likeness (QED) is 0.640. The zero-order valence-electron chi connectivity index (χ0n) is 12.8. The maximum absolute atomic E-state index is 12.5. The van der Waals surface area contributed by atoms with Crippen LogP contribution in [0.15, 0.2) is 54.6 Å². The Hall–Kier alpha value is -2.35. The van der Waals surface area contributed by atoms with E-state index in [9.17, 15) is 4.79 Å². The van der Waals surface area contributed by atoms with Gasteiger partial charge in [-0.3, -0.25) is 4.79 Å². The molecule has 2 aromatic carbocycles. The molecule has 1 aliphatic rings. The number of para-hydroxylation sites is 1. The predicted octanol–water partition coefficient (Wildman–Crippen LogP) is 4.71. The topological polar surface area (TPSA) is 22.0 Å². The third-order valence-corrected chi connectivity index (χ3v) is 4.89. The number of benzene rings is 2. The number of ketones is 1. The number of Topliss-reactive ketones (excluding diaryl/α,β-unsaturated/α-hetero) is 1. The van der Waals surface area contributed by atoms with Gasteiger partial charge in [0, 0.05) is 34.6 Å². The summed E-state index contributed by atoms with van der Waals surface area (Å²) in [5.74, 6) is 0.244. The van der Waals surface area contributed by atoms with Crippen LogP contribution in [0, 0.1) is 6.92 Å². The van der Waals surface area contributed by atoms with Crippen molar-refractivity contribution in [3.05, 3.63) is 71.4 Å². The van der Waals surface area contributed by atoms with Gasteiger partial charge >= 0.3 is 0 Å². The minimum atomic E-state index is 0.244. The molecule has 0 bridgehead atoms. The Kier molecular flexibility index (Phi) is 3.11. The van der Waals surface area contributed by atoms with Gasteiger partial charge in [0.2, 0.25) is 0 Å². The molecule has 0 unspecified atom stereocenters. The number of aryl methyl sites for hydroxylation is 1. The van der Waals surface area contributed by atoms with Crippen molar-refractivity contribution in [2.75, 3.05) is 0 Å². The van der Waals surface area contributed by atoms with E-state index in [4.69, 9.17) is 0 Å². The summed E-state index contributed by atoms with van der Waals surface area (Å²) < 4.78 is 2.41. The number of fused-ring (bicyclic) bond motifs is 3. The van der Waals surface area contributed by atoms with Crippen LogP contribution in [-0.2, 0) is 6.42 Å². The Labute approximate surface area is 130 Å². The summed E-state index contributed by atoms with van der Waals surface area (Å²) in [6.45, 7) is 2.20. The first-order chi connectivity index (χ1) is 10.8. The zero-order chi connectivity index (χ0) is 15.1. The molecular formula is C20H19NO. The van der Waals surface area contributed by atoms with E-state index in [0.717, 1.165) is 18.4 Å². The molecule has 2 nitrogen and oxygen atoms in total. The molecule has 1 atom stereocenters. The molecule has 0 saturated carbocycles. The third-order valence-electron chi connectivity index (χ3n) is 4.89. The first kappa shape index (κ1) is 13.3. The van der Waals surface area contributed by atoms with Gasteiger partial charge in [-0.15, -0.1) is 0 Å². The van der Waals surface area contributed by atoms with Gasteiger partial charge < -0.3 is 4.57 Å². The fraction of sp³-hybridized carbons (Fsp3) is 0.250. The lowest BCUT2D eigenvalue weighted by Gasteiger charge is -2.14. The Morgan fingerprint density at radius 1 is 1.09 bits per heavy atom. The fourth-order valence-corrected chi connectivity index (χ4v) is 3.79. The average Bonchev–Trinajstić information content (AvgIpc) is 3.09. The molecule has 3 aromatic rings. The van der Waals surface area contributed by atoms with Gasteiger partial charge in [0.25, 0.3) is 0 Å². The molecule has 22 heavy (non-hydrogen) atoms. The number of carbonyl (C=O) groups excluding carboxylic acids is 1. The van der Waals surface area contributed by atoms with Crippen molar-refractivity contribution in [1.82, 2.24) is 4.57 Å². The minimum absolute atomic E-state index is 0.244. The standard InChI is InChI=1S/C20H19NO/c1-14-17-9-5-6-10-19(17)21-16(11-12-18(14)21)13-20(22)15-7-3-2-4-8-15/h2-10,16H,11-13H2,1H3/t16-/m1/s1. The number of hydrogen-bond donors (Lipinski definition) is 0. The van der Waals surface area contributed by atoms with Crippen LogP contribution < -0.4 is 0 Å². The molecule has 2 heterocycles. The van der Waals surface area contributed by atoms with Crippen LogP contribution in [0.1, 0.15) is 40.5 Å². The van der Waals surface area contributed by atoms with Gasteiger partial charge in [-0.25, -0.2) is 0 Å². The maximum Gasteiger partial charge on any atom is 0.164 e. The van der Waals surface area contributed by atoms with Gasteiger partial charge in [0.15, 0.2) is 5.78 Å². The smallest absolute Gasteiger partial charge is 0.164 e. The van der Waals surface area contributed by atoms with Crippen LogP contribution in [0.2, 0.25) is 0 Å². The van der Waals surface area contributed by atoms with Gasteiger partial charge in [-0.1, -0.05) is 48.5 Å². The largest absolute Gasteiger partial charge is 0.341 e. The van der Waals surface area contributed by atoms with E-state index < -0.39 is 0 Å². The molecule has 0 aliphatic carbocycles. The third kappa shape index (κ3) is 1.98. The number of nitrogens with zero attached hydrogens (tertiary/aromatic N) is 1. The molecule has 0 saturated heterocycles. The Balaban J connectivity index is 1.70. The summed E-state index contributed by atoms with van der Waals surface area (Å²) in [4.78, 5) is 12.5. The van der Waals surface area contributed by atoms with E-state index in [1.165, 1.54) is 22.2 Å². The van der Waals surface area contributed by atoms with Crippen LogP contribution in [-0.4, -0.2) is 10.4 Å². The first-order valence-corrected chi connectivity index (χ1v) is 7.92. The molecule has 0 N–H and O–H groups in total. The van der Waals surface area contributed by atoms with E-state index in [-0.39, 0.29) is 5.78 Å². The van der Waals surface area contributed by atoms with Crippen molar-refractivity contribution in [1.29, 1.82) is 0 Å². The van der Waals surface area contributed by atoms with Crippen LogP contribution in [0.25, 0.3) is 10.9 Å². The summed E-state index contributed by atoms with van der Waals surface area (Å²) in [5, 5.41) is 1.33. The molecule has 1 aliphatic heterocycles. The van der Waals surface area contributed by atoms with Gasteiger partial charge in [0.05, 0.1) is 0 Å². The van der Waals surface area contributed by atoms with Crippen molar-refractivity contribution < 1.29 is 4.79 Å². The molecule has 2 heteroatoms. The minimum Gasteiger partial charge on any atom is -0.341 e. The van der Waals surface area contributed by atoms with Crippen LogP contribution in [0.5, 0.6) is 0 Å². The predicted molar refractivity (Wildman–Crippen MR) is 89.4 cm³/mol. The molecule has 0 spiro atoms. The fourth-order valence-electron chi connectivity index (χ4n) is 3.79. The van der Waals surface area contributed by atoms with Crippen molar-refractivity contribution in [3.63, 3.8) is 0 Å². The second kappa shape index (κ2) is 5.13. The van der Waals surface area contributed by atoms with E-state index in [1.54, 1.807) is 0 Å². The monoisotopic (exact) mass is 289 g/mol. The van der Waals surface area contributed by atoms with Crippen LogP contribution >= 0.6 is 0 Å². The molecule has 0 radical (unpaired) electrons. The molecular weight excluding hydrogens is 270 g/mol. The summed E-state index contributed by atoms with van der Waals surface area (Å²) >= 11 is 0. The summed E-state index contributed by atoms with van der Waals surface area (Å²) in [6, 6.07) is 18.5. The van der Waals surface area contributed by atoms with Gasteiger partial charge in [0.1, 0.15) is 0 Å². The van der Waals surface area contributed by atoms with Crippen LogP contribution in [0.4, 0.5) is 0 Å². The SMILES string of the molecule is Cc1c2n(c3ccccc13)[C@@H](CC(=O)c1ccccc1)CC2. The van der Waals surface area contributed by atoms with Gasteiger partial charge in [-0.05, 0) is 31.4 Å². The lowest BCUT2D eigenvalue weighted by molar-refractivity contribution is 0.0965. The first-order valence-electron chi connectivity index (χ1n) is 7.92. The second-order valence-electron chi connectivity index (χ2n) is 6.14. The molecule has 1 aromatic heterocycles. The summed E-state index contributed by atoms with van der Waals surface area (Å²) in [7, 11) is 0. The number of rotatable bonds is 3. The Morgan fingerprint density at radius 3 is 2.64 bits per heavy atom. The van der Waals surface area contributed by atoms with Gasteiger partial charge in [-0.2, -0.15) is 0 Å². The van der Waals surface area contributed by atoms with Crippen LogP contribution in [0.3, 0.4) is 0 Å². The Morgan fingerprint density at radius 2 is 1.82 bits per heavy atom. The highest BCUT2D eigenvalue weighted by atomic mass is 16.1.